The van der Waals surface area contributed by atoms with Gasteiger partial charge in [-0.05, 0) is 47.0 Å². The molecular formula is C17H15ClN2O. The van der Waals surface area contributed by atoms with Gasteiger partial charge in [0.25, 0.3) is 0 Å². The van der Waals surface area contributed by atoms with Crippen molar-refractivity contribution >= 4 is 17.5 Å². The average molecular weight is 299 g/mol. The fraction of sp³-hybridized carbons (Fsp3) is 0.176. The van der Waals surface area contributed by atoms with Gasteiger partial charge in [0, 0.05) is 36.4 Å². The Bertz CT molecular complexity index is 684. The lowest BCUT2D eigenvalue weighted by atomic mass is 9.85. The van der Waals surface area contributed by atoms with Crippen molar-refractivity contribution in [2.24, 2.45) is 0 Å². The van der Waals surface area contributed by atoms with Crippen LogP contribution in [-0.4, -0.2) is 22.3 Å². The first-order valence-electron chi connectivity index (χ1n) is 6.78. The van der Waals surface area contributed by atoms with E-state index < -0.39 is 0 Å². The third-order valence-corrected chi connectivity index (χ3v) is 4.07. The summed E-state index contributed by atoms with van der Waals surface area (Å²) in [6, 6.07) is 9.88. The summed E-state index contributed by atoms with van der Waals surface area (Å²) in [5, 5.41) is 0.690. The zero-order valence-corrected chi connectivity index (χ0v) is 12.3. The van der Waals surface area contributed by atoms with Crippen molar-refractivity contribution in [1.82, 2.24) is 9.88 Å². The highest BCUT2D eigenvalue weighted by molar-refractivity contribution is 6.30. The van der Waals surface area contributed by atoms with E-state index in [9.17, 15) is 4.79 Å². The van der Waals surface area contributed by atoms with Crippen molar-refractivity contribution in [2.75, 3.05) is 6.54 Å². The topological polar surface area (TPSA) is 33.2 Å². The molecule has 0 saturated heterocycles. The van der Waals surface area contributed by atoms with Crippen molar-refractivity contribution in [1.29, 1.82) is 0 Å². The Labute approximate surface area is 128 Å². The van der Waals surface area contributed by atoms with Crippen molar-refractivity contribution in [3.63, 3.8) is 0 Å². The molecule has 3 rings (SSSR count). The van der Waals surface area contributed by atoms with E-state index in [1.54, 1.807) is 17.3 Å². The van der Waals surface area contributed by atoms with Crippen LogP contribution in [0, 0.1) is 0 Å². The number of hydrogen-bond donors (Lipinski definition) is 0. The number of nitrogens with zero attached hydrogens (tertiary/aromatic N) is 2. The molecule has 1 aliphatic rings. The molecule has 0 saturated carbocycles. The number of carbonyl (C=O) groups is 1. The van der Waals surface area contributed by atoms with Gasteiger partial charge >= 0.3 is 0 Å². The third kappa shape index (κ3) is 2.69. The maximum Gasteiger partial charge on any atom is 0.246 e. The van der Waals surface area contributed by atoms with Gasteiger partial charge in [0.2, 0.25) is 5.91 Å². The second-order valence-electron chi connectivity index (χ2n) is 5.10. The molecule has 1 aromatic carbocycles. The fourth-order valence-corrected chi connectivity index (χ4v) is 3.01. The second-order valence-corrected chi connectivity index (χ2v) is 5.54. The van der Waals surface area contributed by atoms with Gasteiger partial charge in [-0.15, -0.1) is 0 Å². The number of pyridine rings is 1. The first kappa shape index (κ1) is 13.8. The van der Waals surface area contributed by atoms with Gasteiger partial charge < -0.3 is 4.90 Å². The lowest BCUT2D eigenvalue weighted by Crippen LogP contribution is -2.37. The maximum absolute atomic E-state index is 12.0. The molecule has 0 fully saturated rings. The van der Waals surface area contributed by atoms with Crippen molar-refractivity contribution in [3.05, 3.63) is 77.1 Å². The monoisotopic (exact) mass is 298 g/mol. The first-order valence-corrected chi connectivity index (χ1v) is 7.16. The van der Waals surface area contributed by atoms with E-state index in [0.717, 1.165) is 11.1 Å². The van der Waals surface area contributed by atoms with Gasteiger partial charge in [0.1, 0.15) is 0 Å². The Morgan fingerprint density at radius 2 is 2.10 bits per heavy atom. The van der Waals surface area contributed by atoms with Gasteiger partial charge in [-0.3, -0.25) is 9.78 Å². The normalized spacial score (nSPS) is 17.2. The summed E-state index contributed by atoms with van der Waals surface area (Å²) in [6.07, 6.45) is 4.91. The molecule has 21 heavy (non-hydrogen) atoms. The summed E-state index contributed by atoms with van der Waals surface area (Å²) < 4.78 is 0. The summed E-state index contributed by atoms with van der Waals surface area (Å²) in [4.78, 5) is 17.9. The minimum atomic E-state index is -0.0559. The highest BCUT2D eigenvalue weighted by Gasteiger charge is 2.28. The molecule has 1 atom stereocenters. The minimum Gasteiger partial charge on any atom is -0.334 e. The molecule has 0 radical (unpaired) electrons. The third-order valence-electron chi connectivity index (χ3n) is 3.84. The van der Waals surface area contributed by atoms with Crippen LogP contribution < -0.4 is 0 Å². The highest BCUT2D eigenvalue weighted by Crippen LogP contribution is 2.34. The number of benzene rings is 1. The number of fused-ring (bicyclic) bond motifs is 1. The van der Waals surface area contributed by atoms with E-state index in [2.05, 4.69) is 17.6 Å². The van der Waals surface area contributed by atoms with E-state index in [1.165, 1.54) is 11.6 Å². The Hall–Kier alpha value is -2.13. The number of aromatic nitrogens is 1. The fourth-order valence-electron chi connectivity index (χ4n) is 2.82. The number of rotatable bonds is 2. The highest BCUT2D eigenvalue weighted by atomic mass is 35.5. The van der Waals surface area contributed by atoms with E-state index in [1.807, 2.05) is 24.3 Å². The molecule has 1 aliphatic heterocycles. The molecule has 3 nitrogen and oxygen atoms in total. The molecule has 0 bridgehead atoms. The largest absolute Gasteiger partial charge is 0.334 e. The molecule has 1 aromatic heterocycles. The Balaban J connectivity index is 2.07. The lowest BCUT2D eigenvalue weighted by Gasteiger charge is -2.34. The molecule has 0 aliphatic carbocycles. The van der Waals surface area contributed by atoms with E-state index in [4.69, 9.17) is 11.6 Å². The summed E-state index contributed by atoms with van der Waals surface area (Å²) >= 11 is 6.10. The second kappa shape index (κ2) is 5.70. The van der Waals surface area contributed by atoms with Gasteiger partial charge in [-0.1, -0.05) is 24.2 Å². The Kier molecular flexibility index (Phi) is 3.76. The van der Waals surface area contributed by atoms with Crippen LogP contribution >= 0.6 is 11.6 Å². The predicted octanol–water partition coefficient (Wildman–Crippen LogP) is 3.40. The molecular weight excluding hydrogens is 284 g/mol. The summed E-state index contributed by atoms with van der Waals surface area (Å²) in [7, 11) is 0. The van der Waals surface area contributed by atoms with Crippen molar-refractivity contribution in [3.8, 4) is 0 Å². The number of hydrogen-bond acceptors (Lipinski definition) is 2. The first-order chi connectivity index (χ1) is 10.2. The summed E-state index contributed by atoms with van der Waals surface area (Å²) in [5.74, 6) is 0.0811. The van der Waals surface area contributed by atoms with Crippen LogP contribution in [-0.2, 0) is 11.3 Å². The molecule has 4 heteroatoms. The minimum absolute atomic E-state index is 0.0559. The van der Waals surface area contributed by atoms with Crippen LogP contribution in [0.2, 0.25) is 5.02 Å². The molecule has 2 aromatic rings. The Morgan fingerprint density at radius 1 is 1.33 bits per heavy atom. The van der Waals surface area contributed by atoms with Crippen LogP contribution in [0.25, 0.3) is 0 Å². The molecule has 106 valence electrons. The van der Waals surface area contributed by atoms with Gasteiger partial charge in [0.05, 0.1) is 0 Å². The van der Waals surface area contributed by atoms with E-state index >= 15 is 0 Å². The van der Waals surface area contributed by atoms with Crippen LogP contribution in [0.4, 0.5) is 0 Å². The zero-order valence-electron chi connectivity index (χ0n) is 11.5. The summed E-state index contributed by atoms with van der Waals surface area (Å²) in [5.41, 5.74) is 3.46. The molecule has 0 unspecified atom stereocenters. The number of amides is 1. The lowest BCUT2D eigenvalue weighted by molar-refractivity contribution is -0.127. The molecule has 0 spiro atoms. The number of halogens is 1. The van der Waals surface area contributed by atoms with Gasteiger partial charge in [-0.2, -0.15) is 0 Å². The van der Waals surface area contributed by atoms with Crippen LogP contribution in [0.5, 0.6) is 0 Å². The van der Waals surface area contributed by atoms with Crippen molar-refractivity contribution < 1.29 is 4.79 Å². The standard InChI is InChI=1S/C17H15ClN2O/c1-2-17(21)20-10-13-9-14(18)3-4-15(13)16(11-20)12-5-7-19-8-6-12/h2-9,16H,1,10-11H2/t16-/m1/s1. The number of carbonyl (C=O) groups excluding carboxylic acids is 1. The predicted molar refractivity (Wildman–Crippen MR) is 83.1 cm³/mol. The Morgan fingerprint density at radius 3 is 2.81 bits per heavy atom. The quantitative estimate of drug-likeness (QED) is 0.796. The summed E-state index contributed by atoms with van der Waals surface area (Å²) in [6.45, 7) is 4.79. The van der Waals surface area contributed by atoms with Gasteiger partial charge in [-0.25, -0.2) is 0 Å². The average Bonchev–Trinajstić information content (AvgIpc) is 2.53. The molecule has 1 amide bonds. The SMILES string of the molecule is C=CC(=O)N1Cc2cc(Cl)ccc2[C@@H](c2ccncc2)C1. The van der Waals surface area contributed by atoms with Crippen molar-refractivity contribution in [2.45, 2.75) is 12.5 Å². The molecule has 0 N–H and O–H groups in total. The zero-order chi connectivity index (χ0) is 14.8. The smallest absolute Gasteiger partial charge is 0.246 e. The van der Waals surface area contributed by atoms with Crippen LogP contribution in [0.3, 0.4) is 0 Å². The van der Waals surface area contributed by atoms with E-state index in [0.29, 0.717) is 18.1 Å². The van der Waals surface area contributed by atoms with Crippen LogP contribution in [0.15, 0.2) is 55.4 Å². The van der Waals surface area contributed by atoms with E-state index in [-0.39, 0.29) is 11.8 Å². The molecule has 2 heterocycles. The van der Waals surface area contributed by atoms with Gasteiger partial charge in [0.15, 0.2) is 0 Å². The van der Waals surface area contributed by atoms with Crippen LogP contribution in [0.1, 0.15) is 22.6 Å². The maximum atomic E-state index is 12.0.